The fourth-order valence-corrected chi connectivity index (χ4v) is 2.41. The van der Waals surface area contributed by atoms with Crippen molar-refractivity contribution >= 4 is 11.7 Å². The first-order chi connectivity index (χ1) is 9.19. The number of amides is 1. The lowest BCUT2D eigenvalue weighted by molar-refractivity contribution is 0.0932. The van der Waals surface area contributed by atoms with E-state index in [1.807, 2.05) is 0 Å². The number of nitrogen functional groups attached to an aromatic ring is 1. The van der Waals surface area contributed by atoms with Gasteiger partial charge in [-0.1, -0.05) is 13.0 Å². The summed E-state index contributed by atoms with van der Waals surface area (Å²) in [5, 5.41) is 2.95. The van der Waals surface area contributed by atoms with Crippen LogP contribution in [0.5, 0.6) is 0 Å². The molecule has 1 aliphatic heterocycles. The van der Waals surface area contributed by atoms with Gasteiger partial charge in [0.2, 0.25) is 0 Å². The Morgan fingerprint density at radius 1 is 1.47 bits per heavy atom. The van der Waals surface area contributed by atoms with Gasteiger partial charge >= 0.3 is 0 Å². The van der Waals surface area contributed by atoms with E-state index >= 15 is 0 Å². The highest BCUT2D eigenvalue weighted by Gasteiger charge is 2.18. The van der Waals surface area contributed by atoms with Crippen molar-refractivity contribution in [2.24, 2.45) is 5.92 Å². The number of rotatable bonds is 4. The number of piperidine rings is 1. The number of likely N-dealkylation sites (tertiary alicyclic amines) is 1. The molecule has 1 amide bonds. The summed E-state index contributed by atoms with van der Waals surface area (Å²) in [6, 6.07) is 5.11. The van der Waals surface area contributed by atoms with E-state index in [4.69, 9.17) is 5.73 Å². The largest absolute Gasteiger partial charge is 0.384 e. The maximum atomic E-state index is 11.9. The summed E-state index contributed by atoms with van der Waals surface area (Å²) in [6.45, 7) is 6.30. The van der Waals surface area contributed by atoms with Crippen molar-refractivity contribution in [2.75, 3.05) is 31.9 Å². The first-order valence-electron chi connectivity index (χ1n) is 6.92. The maximum Gasteiger partial charge on any atom is 0.269 e. The van der Waals surface area contributed by atoms with Crippen LogP contribution in [-0.2, 0) is 0 Å². The molecule has 3 N–H and O–H groups in total. The van der Waals surface area contributed by atoms with Gasteiger partial charge in [-0.15, -0.1) is 0 Å². The van der Waals surface area contributed by atoms with Gasteiger partial charge in [-0.3, -0.25) is 4.79 Å². The maximum absolute atomic E-state index is 11.9. The molecule has 0 aromatic carbocycles. The van der Waals surface area contributed by atoms with Gasteiger partial charge in [-0.2, -0.15) is 0 Å². The van der Waals surface area contributed by atoms with E-state index in [0.29, 0.717) is 17.4 Å². The standard InChI is InChI=1S/C14H22N4O/c1-2-18-8-6-11(7-9-18)10-16-14(19)12-4-3-5-13(15)17-12/h3-5,11H,2,6-10H2,1H3,(H2,15,17)(H,16,19). The zero-order chi connectivity index (χ0) is 13.7. The van der Waals surface area contributed by atoms with Crippen molar-refractivity contribution in [3.8, 4) is 0 Å². The summed E-state index contributed by atoms with van der Waals surface area (Å²) in [5.41, 5.74) is 5.96. The Morgan fingerprint density at radius 2 is 2.21 bits per heavy atom. The third kappa shape index (κ3) is 3.92. The number of aromatic nitrogens is 1. The van der Waals surface area contributed by atoms with Crippen molar-refractivity contribution < 1.29 is 4.79 Å². The van der Waals surface area contributed by atoms with E-state index in [9.17, 15) is 4.79 Å². The van der Waals surface area contributed by atoms with Crippen LogP contribution in [-0.4, -0.2) is 42.0 Å². The Bertz CT molecular complexity index is 427. The number of carbonyl (C=O) groups is 1. The van der Waals surface area contributed by atoms with Crippen molar-refractivity contribution in [3.63, 3.8) is 0 Å². The Morgan fingerprint density at radius 3 is 2.84 bits per heavy atom. The number of pyridine rings is 1. The van der Waals surface area contributed by atoms with E-state index in [-0.39, 0.29) is 5.91 Å². The smallest absolute Gasteiger partial charge is 0.269 e. The molecular weight excluding hydrogens is 240 g/mol. The highest BCUT2D eigenvalue weighted by molar-refractivity contribution is 5.92. The molecule has 0 spiro atoms. The third-order valence-corrected chi connectivity index (χ3v) is 3.71. The topological polar surface area (TPSA) is 71.2 Å². The van der Waals surface area contributed by atoms with Crippen LogP contribution in [0.15, 0.2) is 18.2 Å². The number of nitrogens with two attached hydrogens (primary N) is 1. The highest BCUT2D eigenvalue weighted by atomic mass is 16.1. The third-order valence-electron chi connectivity index (χ3n) is 3.71. The normalized spacial score (nSPS) is 17.3. The molecule has 1 aromatic rings. The lowest BCUT2D eigenvalue weighted by Crippen LogP contribution is -2.38. The van der Waals surface area contributed by atoms with Crippen LogP contribution in [0.1, 0.15) is 30.3 Å². The Kier molecular flexibility index (Phi) is 4.74. The van der Waals surface area contributed by atoms with Gasteiger partial charge in [0.05, 0.1) is 0 Å². The molecule has 0 saturated carbocycles. The molecule has 0 bridgehead atoms. The molecule has 0 atom stereocenters. The van der Waals surface area contributed by atoms with Gasteiger partial charge in [0.15, 0.2) is 0 Å². The zero-order valence-corrected chi connectivity index (χ0v) is 11.4. The minimum atomic E-state index is -0.134. The van der Waals surface area contributed by atoms with Gasteiger partial charge in [0.1, 0.15) is 11.5 Å². The number of hydrogen-bond donors (Lipinski definition) is 2. The monoisotopic (exact) mass is 262 g/mol. The van der Waals surface area contributed by atoms with E-state index in [0.717, 1.165) is 39.0 Å². The molecule has 0 radical (unpaired) electrons. The minimum absolute atomic E-state index is 0.134. The average molecular weight is 262 g/mol. The summed E-state index contributed by atoms with van der Waals surface area (Å²) in [4.78, 5) is 18.4. The molecule has 1 saturated heterocycles. The summed E-state index contributed by atoms with van der Waals surface area (Å²) in [6.07, 6.45) is 2.30. The first-order valence-corrected chi connectivity index (χ1v) is 6.92. The average Bonchev–Trinajstić information content (AvgIpc) is 2.45. The predicted molar refractivity (Wildman–Crippen MR) is 75.8 cm³/mol. The SMILES string of the molecule is CCN1CCC(CNC(=O)c2cccc(N)n2)CC1. The highest BCUT2D eigenvalue weighted by Crippen LogP contribution is 2.15. The van der Waals surface area contributed by atoms with Crippen LogP contribution in [0.3, 0.4) is 0 Å². The number of nitrogens with zero attached hydrogens (tertiary/aromatic N) is 2. The van der Waals surface area contributed by atoms with Crippen LogP contribution in [0.4, 0.5) is 5.82 Å². The van der Waals surface area contributed by atoms with Gasteiger partial charge in [-0.05, 0) is 50.5 Å². The molecular formula is C14H22N4O. The van der Waals surface area contributed by atoms with Crippen LogP contribution >= 0.6 is 0 Å². The van der Waals surface area contributed by atoms with E-state index in [1.54, 1.807) is 18.2 Å². The van der Waals surface area contributed by atoms with Gasteiger partial charge < -0.3 is 16.0 Å². The quantitative estimate of drug-likeness (QED) is 0.853. The van der Waals surface area contributed by atoms with Crippen molar-refractivity contribution in [2.45, 2.75) is 19.8 Å². The van der Waals surface area contributed by atoms with E-state index < -0.39 is 0 Å². The molecule has 1 aliphatic rings. The lowest BCUT2D eigenvalue weighted by Gasteiger charge is -2.30. The molecule has 5 heteroatoms. The lowest BCUT2D eigenvalue weighted by atomic mass is 9.97. The second-order valence-electron chi connectivity index (χ2n) is 5.04. The molecule has 1 aromatic heterocycles. The summed E-state index contributed by atoms with van der Waals surface area (Å²) in [7, 11) is 0. The van der Waals surface area contributed by atoms with Gasteiger partial charge in [0, 0.05) is 6.54 Å². The Hall–Kier alpha value is -1.62. The molecule has 19 heavy (non-hydrogen) atoms. The van der Waals surface area contributed by atoms with Gasteiger partial charge in [-0.25, -0.2) is 4.98 Å². The minimum Gasteiger partial charge on any atom is -0.384 e. The molecule has 2 heterocycles. The fourth-order valence-electron chi connectivity index (χ4n) is 2.41. The van der Waals surface area contributed by atoms with E-state index in [2.05, 4.69) is 22.1 Å². The second kappa shape index (κ2) is 6.52. The van der Waals surface area contributed by atoms with Crippen molar-refractivity contribution in [1.82, 2.24) is 15.2 Å². The zero-order valence-electron chi connectivity index (χ0n) is 11.4. The molecule has 1 fully saturated rings. The van der Waals surface area contributed by atoms with Crippen LogP contribution in [0.2, 0.25) is 0 Å². The van der Waals surface area contributed by atoms with E-state index in [1.165, 1.54) is 0 Å². The Balaban J connectivity index is 1.78. The fraction of sp³-hybridized carbons (Fsp3) is 0.571. The number of carbonyl (C=O) groups excluding carboxylic acids is 1. The number of anilines is 1. The Labute approximate surface area is 114 Å². The molecule has 2 rings (SSSR count). The number of hydrogen-bond acceptors (Lipinski definition) is 4. The van der Waals surface area contributed by atoms with Crippen LogP contribution in [0, 0.1) is 5.92 Å². The number of nitrogens with one attached hydrogen (secondary N) is 1. The molecule has 0 unspecified atom stereocenters. The molecule has 0 aliphatic carbocycles. The molecule has 5 nitrogen and oxygen atoms in total. The van der Waals surface area contributed by atoms with Crippen LogP contribution in [0.25, 0.3) is 0 Å². The summed E-state index contributed by atoms with van der Waals surface area (Å²) in [5.74, 6) is 0.821. The predicted octanol–water partition coefficient (Wildman–Crippen LogP) is 1.13. The molecule has 104 valence electrons. The second-order valence-corrected chi connectivity index (χ2v) is 5.04. The van der Waals surface area contributed by atoms with Crippen molar-refractivity contribution in [3.05, 3.63) is 23.9 Å². The summed E-state index contributed by atoms with van der Waals surface area (Å²) >= 11 is 0. The van der Waals surface area contributed by atoms with Crippen molar-refractivity contribution in [1.29, 1.82) is 0 Å². The van der Waals surface area contributed by atoms with Crippen LogP contribution < -0.4 is 11.1 Å². The van der Waals surface area contributed by atoms with Gasteiger partial charge in [0.25, 0.3) is 5.91 Å². The first kappa shape index (κ1) is 13.8. The summed E-state index contributed by atoms with van der Waals surface area (Å²) < 4.78 is 0.